The maximum atomic E-state index is 13.3. The molecule has 1 aliphatic heterocycles. The molecule has 1 saturated heterocycles. The molecule has 0 radical (unpaired) electrons. The van der Waals surface area contributed by atoms with Crippen LogP contribution in [0.3, 0.4) is 0 Å². The second-order valence-electron chi connectivity index (χ2n) is 4.74. The van der Waals surface area contributed by atoms with Crippen molar-refractivity contribution >= 4 is 5.91 Å². The van der Waals surface area contributed by atoms with E-state index in [-0.39, 0.29) is 11.7 Å². The van der Waals surface area contributed by atoms with E-state index in [1.54, 1.807) is 13.0 Å². The van der Waals surface area contributed by atoms with Crippen LogP contribution in [0.1, 0.15) is 18.1 Å². The molecule has 2 rings (SSSR count). The van der Waals surface area contributed by atoms with Crippen molar-refractivity contribution in [2.45, 2.75) is 13.5 Å². The summed E-state index contributed by atoms with van der Waals surface area (Å²) in [6.07, 6.45) is 0. The minimum atomic E-state index is -0.378. The standard InChI is InChI=1S/C14H16FN3O/c1-11(19)18-4-2-17(3-5-18)10-13-6-12(9-16)7-14(15)8-13/h6-8H,2-5,10H2,1H3. The Morgan fingerprint density at radius 3 is 2.58 bits per heavy atom. The van der Waals surface area contributed by atoms with Gasteiger partial charge in [0.05, 0.1) is 11.6 Å². The second-order valence-corrected chi connectivity index (χ2v) is 4.74. The first-order valence-corrected chi connectivity index (χ1v) is 6.26. The van der Waals surface area contributed by atoms with E-state index >= 15 is 0 Å². The largest absolute Gasteiger partial charge is 0.340 e. The van der Waals surface area contributed by atoms with Crippen molar-refractivity contribution in [2.24, 2.45) is 0 Å². The molecule has 1 aliphatic rings. The van der Waals surface area contributed by atoms with Crippen molar-refractivity contribution in [3.63, 3.8) is 0 Å². The number of nitriles is 1. The number of piperazine rings is 1. The topological polar surface area (TPSA) is 47.3 Å². The molecule has 19 heavy (non-hydrogen) atoms. The fourth-order valence-electron chi connectivity index (χ4n) is 2.29. The molecule has 100 valence electrons. The normalized spacial score (nSPS) is 16.2. The number of carbonyl (C=O) groups excluding carboxylic acids is 1. The SMILES string of the molecule is CC(=O)N1CCN(Cc2cc(F)cc(C#N)c2)CC1. The Morgan fingerprint density at radius 1 is 1.32 bits per heavy atom. The number of hydrogen-bond donors (Lipinski definition) is 0. The number of halogens is 1. The van der Waals surface area contributed by atoms with E-state index in [9.17, 15) is 9.18 Å². The molecule has 0 atom stereocenters. The van der Waals surface area contributed by atoms with Gasteiger partial charge >= 0.3 is 0 Å². The van der Waals surface area contributed by atoms with Gasteiger partial charge in [-0.3, -0.25) is 9.69 Å². The zero-order valence-corrected chi connectivity index (χ0v) is 10.9. The molecule has 1 aromatic rings. The smallest absolute Gasteiger partial charge is 0.219 e. The summed E-state index contributed by atoms with van der Waals surface area (Å²) in [4.78, 5) is 15.2. The van der Waals surface area contributed by atoms with E-state index in [0.29, 0.717) is 25.2 Å². The number of hydrogen-bond acceptors (Lipinski definition) is 3. The molecule has 1 amide bonds. The summed E-state index contributed by atoms with van der Waals surface area (Å²) in [5, 5.41) is 8.81. The Balaban J connectivity index is 1.98. The number of nitrogens with zero attached hydrogens (tertiary/aromatic N) is 3. The molecule has 0 saturated carbocycles. The summed E-state index contributed by atoms with van der Waals surface area (Å²) in [5.41, 5.74) is 1.14. The molecule has 0 unspecified atom stereocenters. The zero-order chi connectivity index (χ0) is 13.8. The van der Waals surface area contributed by atoms with E-state index < -0.39 is 0 Å². The molecule has 0 aliphatic carbocycles. The molecular weight excluding hydrogens is 245 g/mol. The lowest BCUT2D eigenvalue weighted by Crippen LogP contribution is -2.47. The van der Waals surface area contributed by atoms with E-state index in [2.05, 4.69) is 4.90 Å². The van der Waals surface area contributed by atoms with Crippen LogP contribution in [0.25, 0.3) is 0 Å². The summed E-state index contributed by atoms with van der Waals surface area (Å²) < 4.78 is 13.3. The summed E-state index contributed by atoms with van der Waals surface area (Å²) in [5.74, 6) is -0.284. The fourth-order valence-corrected chi connectivity index (χ4v) is 2.29. The van der Waals surface area contributed by atoms with Gasteiger partial charge in [-0.2, -0.15) is 5.26 Å². The Bertz CT molecular complexity index is 516. The minimum absolute atomic E-state index is 0.0946. The number of carbonyl (C=O) groups is 1. The highest BCUT2D eigenvalue weighted by molar-refractivity contribution is 5.73. The van der Waals surface area contributed by atoms with Crippen LogP contribution in [-0.4, -0.2) is 41.9 Å². The summed E-state index contributed by atoms with van der Waals surface area (Å²) >= 11 is 0. The Hall–Kier alpha value is -1.93. The lowest BCUT2D eigenvalue weighted by atomic mass is 10.1. The van der Waals surface area contributed by atoms with Crippen molar-refractivity contribution in [1.82, 2.24) is 9.80 Å². The summed E-state index contributed by atoms with van der Waals surface area (Å²) in [6.45, 7) is 5.14. The van der Waals surface area contributed by atoms with Crippen molar-refractivity contribution in [2.75, 3.05) is 26.2 Å². The van der Waals surface area contributed by atoms with Crippen LogP contribution in [0, 0.1) is 17.1 Å². The summed E-state index contributed by atoms with van der Waals surface area (Å²) in [7, 11) is 0. The molecule has 0 spiro atoms. The van der Waals surface area contributed by atoms with Gasteiger partial charge in [-0.25, -0.2) is 4.39 Å². The molecule has 0 aromatic heterocycles. The van der Waals surface area contributed by atoms with Crippen LogP contribution in [0.4, 0.5) is 4.39 Å². The highest BCUT2D eigenvalue weighted by Crippen LogP contribution is 2.12. The summed E-state index contributed by atoms with van der Waals surface area (Å²) in [6, 6.07) is 6.35. The van der Waals surface area contributed by atoms with Gasteiger partial charge in [0, 0.05) is 39.6 Å². The molecular formula is C14H16FN3O. The molecule has 0 bridgehead atoms. The Morgan fingerprint density at radius 2 is 2.00 bits per heavy atom. The van der Waals surface area contributed by atoms with E-state index in [0.717, 1.165) is 18.7 Å². The van der Waals surface area contributed by atoms with Gasteiger partial charge in [0.2, 0.25) is 5.91 Å². The van der Waals surface area contributed by atoms with E-state index in [1.165, 1.54) is 12.1 Å². The fraction of sp³-hybridized carbons (Fsp3) is 0.429. The maximum absolute atomic E-state index is 13.3. The monoisotopic (exact) mass is 261 g/mol. The number of amides is 1. The van der Waals surface area contributed by atoms with E-state index in [1.807, 2.05) is 11.0 Å². The predicted octanol–water partition coefficient (Wildman–Crippen LogP) is 1.36. The predicted molar refractivity (Wildman–Crippen MR) is 68.6 cm³/mol. The lowest BCUT2D eigenvalue weighted by molar-refractivity contribution is -0.130. The van der Waals surface area contributed by atoms with E-state index in [4.69, 9.17) is 5.26 Å². The number of rotatable bonds is 2. The molecule has 4 nitrogen and oxygen atoms in total. The van der Waals surface area contributed by atoms with Crippen LogP contribution in [0.5, 0.6) is 0 Å². The molecule has 5 heteroatoms. The third-order valence-electron chi connectivity index (χ3n) is 3.31. The van der Waals surface area contributed by atoms with Crippen LogP contribution < -0.4 is 0 Å². The van der Waals surface area contributed by atoms with Crippen LogP contribution >= 0.6 is 0 Å². The molecule has 0 N–H and O–H groups in total. The zero-order valence-electron chi connectivity index (χ0n) is 10.9. The highest BCUT2D eigenvalue weighted by atomic mass is 19.1. The Labute approximate surface area is 112 Å². The van der Waals surface area contributed by atoms with Crippen LogP contribution in [0.15, 0.2) is 18.2 Å². The van der Waals surface area contributed by atoms with Crippen molar-refractivity contribution in [3.8, 4) is 6.07 Å². The van der Waals surface area contributed by atoms with Crippen molar-refractivity contribution in [3.05, 3.63) is 35.1 Å². The van der Waals surface area contributed by atoms with Crippen LogP contribution in [0.2, 0.25) is 0 Å². The van der Waals surface area contributed by atoms with Gasteiger partial charge in [-0.15, -0.1) is 0 Å². The quantitative estimate of drug-likeness (QED) is 0.807. The van der Waals surface area contributed by atoms with Gasteiger partial charge in [0.25, 0.3) is 0 Å². The van der Waals surface area contributed by atoms with Crippen molar-refractivity contribution < 1.29 is 9.18 Å². The van der Waals surface area contributed by atoms with Gasteiger partial charge in [0.1, 0.15) is 5.82 Å². The lowest BCUT2D eigenvalue weighted by Gasteiger charge is -2.34. The average molecular weight is 261 g/mol. The van der Waals surface area contributed by atoms with Gasteiger partial charge in [-0.1, -0.05) is 0 Å². The first-order valence-electron chi connectivity index (χ1n) is 6.26. The third-order valence-corrected chi connectivity index (χ3v) is 3.31. The maximum Gasteiger partial charge on any atom is 0.219 e. The first kappa shape index (κ1) is 13.5. The van der Waals surface area contributed by atoms with Crippen LogP contribution in [-0.2, 0) is 11.3 Å². The number of benzene rings is 1. The average Bonchev–Trinajstić information content (AvgIpc) is 2.38. The molecule has 1 heterocycles. The van der Waals surface area contributed by atoms with Gasteiger partial charge in [0.15, 0.2) is 0 Å². The van der Waals surface area contributed by atoms with Crippen molar-refractivity contribution in [1.29, 1.82) is 5.26 Å². The Kier molecular flexibility index (Phi) is 4.13. The minimum Gasteiger partial charge on any atom is -0.340 e. The van der Waals surface area contributed by atoms with Gasteiger partial charge in [-0.05, 0) is 23.8 Å². The molecule has 1 aromatic carbocycles. The first-order chi connectivity index (χ1) is 9.08. The highest BCUT2D eigenvalue weighted by Gasteiger charge is 2.18. The third kappa shape index (κ3) is 3.52. The van der Waals surface area contributed by atoms with Gasteiger partial charge < -0.3 is 4.90 Å². The molecule has 1 fully saturated rings. The second kappa shape index (κ2) is 5.81.